The Hall–Kier alpha value is -2.79. The first kappa shape index (κ1) is 17.0. The average molecular weight is 355 g/mol. The molecule has 0 amide bonds. The van der Waals surface area contributed by atoms with E-state index in [1.807, 2.05) is 12.1 Å². The van der Waals surface area contributed by atoms with Crippen molar-refractivity contribution in [3.8, 4) is 5.75 Å². The van der Waals surface area contributed by atoms with Gasteiger partial charge in [-0.15, -0.1) is 0 Å². The highest BCUT2D eigenvalue weighted by Gasteiger charge is 2.06. The molecule has 2 N–H and O–H groups in total. The van der Waals surface area contributed by atoms with E-state index >= 15 is 0 Å². The lowest BCUT2D eigenvalue weighted by atomic mass is 10.1. The molecule has 0 unspecified atom stereocenters. The quantitative estimate of drug-likeness (QED) is 0.665. The summed E-state index contributed by atoms with van der Waals surface area (Å²) in [6, 6.07) is 15.6. The summed E-state index contributed by atoms with van der Waals surface area (Å²) in [4.78, 5) is 8.50. The van der Waals surface area contributed by atoms with Crippen LogP contribution in [0.3, 0.4) is 0 Å². The fraction of sp³-hybridized carbons (Fsp3) is 0.158. The molecule has 0 aliphatic carbocycles. The van der Waals surface area contributed by atoms with Gasteiger partial charge in [0.15, 0.2) is 0 Å². The van der Waals surface area contributed by atoms with Crippen LogP contribution in [0.15, 0.2) is 54.9 Å². The van der Waals surface area contributed by atoms with Gasteiger partial charge >= 0.3 is 0 Å². The molecule has 0 radical (unpaired) electrons. The van der Waals surface area contributed by atoms with Gasteiger partial charge in [0, 0.05) is 17.6 Å². The number of nitrogens with zero attached hydrogens (tertiary/aromatic N) is 2. The minimum Gasteiger partial charge on any atom is -0.495 e. The van der Waals surface area contributed by atoms with E-state index in [-0.39, 0.29) is 0 Å². The molecular formula is C19H19ClN4O. The average Bonchev–Trinajstić information content (AvgIpc) is 2.62. The molecule has 2 aromatic carbocycles. The molecule has 0 fully saturated rings. The number of aryl methyl sites for hydroxylation is 1. The molecule has 0 saturated heterocycles. The van der Waals surface area contributed by atoms with Gasteiger partial charge in [-0.2, -0.15) is 0 Å². The van der Waals surface area contributed by atoms with Crippen LogP contribution in [-0.4, -0.2) is 17.1 Å². The molecule has 1 heterocycles. The highest BCUT2D eigenvalue weighted by molar-refractivity contribution is 6.31. The molecule has 25 heavy (non-hydrogen) atoms. The maximum absolute atomic E-state index is 6.06. The minimum absolute atomic E-state index is 0.620. The number of halogens is 1. The molecule has 3 rings (SSSR count). The van der Waals surface area contributed by atoms with Gasteiger partial charge in [0.1, 0.15) is 23.7 Å². The Labute approximate surface area is 152 Å². The van der Waals surface area contributed by atoms with Crippen molar-refractivity contribution < 1.29 is 4.74 Å². The van der Waals surface area contributed by atoms with Crippen molar-refractivity contribution in [3.63, 3.8) is 0 Å². The smallest absolute Gasteiger partial charge is 0.142 e. The van der Waals surface area contributed by atoms with Gasteiger partial charge in [0.2, 0.25) is 0 Å². The van der Waals surface area contributed by atoms with E-state index in [2.05, 4.69) is 51.8 Å². The second-order valence-electron chi connectivity index (χ2n) is 5.60. The first-order valence-electron chi connectivity index (χ1n) is 7.86. The molecule has 1 aromatic heterocycles. The lowest BCUT2D eigenvalue weighted by Crippen LogP contribution is -2.03. The Morgan fingerprint density at radius 3 is 2.52 bits per heavy atom. The highest BCUT2D eigenvalue weighted by Crippen LogP contribution is 2.30. The van der Waals surface area contributed by atoms with Gasteiger partial charge in [0.25, 0.3) is 0 Å². The van der Waals surface area contributed by atoms with Crippen LogP contribution in [-0.2, 0) is 6.54 Å². The molecule has 128 valence electrons. The predicted octanol–water partition coefficient (Wildman–Crippen LogP) is 4.80. The van der Waals surface area contributed by atoms with Crippen molar-refractivity contribution in [2.45, 2.75) is 13.5 Å². The summed E-state index contributed by atoms with van der Waals surface area (Å²) in [6.45, 7) is 2.76. The van der Waals surface area contributed by atoms with Crippen LogP contribution in [0.4, 0.5) is 17.3 Å². The highest BCUT2D eigenvalue weighted by atomic mass is 35.5. The normalized spacial score (nSPS) is 10.4. The molecule has 0 bridgehead atoms. The molecule has 0 saturated carbocycles. The number of hydrogen-bond donors (Lipinski definition) is 2. The van der Waals surface area contributed by atoms with Crippen molar-refractivity contribution in [3.05, 3.63) is 71.0 Å². The molecule has 3 aromatic rings. The second kappa shape index (κ2) is 7.85. The number of nitrogens with one attached hydrogen (secondary N) is 2. The van der Waals surface area contributed by atoms with Gasteiger partial charge in [-0.05, 0) is 30.7 Å². The van der Waals surface area contributed by atoms with Crippen LogP contribution in [0.1, 0.15) is 11.1 Å². The molecule has 0 aliphatic rings. The summed E-state index contributed by atoms with van der Waals surface area (Å²) in [6.07, 6.45) is 1.51. The van der Waals surface area contributed by atoms with Crippen LogP contribution >= 0.6 is 11.6 Å². The van der Waals surface area contributed by atoms with Crippen molar-refractivity contribution in [1.82, 2.24) is 9.97 Å². The minimum atomic E-state index is 0.620. The number of hydrogen-bond acceptors (Lipinski definition) is 5. The number of aromatic nitrogens is 2. The monoisotopic (exact) mass is 354 g/mol. The third kappa shape index (κ3) is 4.61. The largest absolute Gasteiger partial charge is 0.495 e. The Bertz CT molecular complexity index is 852. The van der Waals surface area contributed by atoms with Crippen molar-refractivity contribution >= 4 is 28.9 Å². The first-order valence-corrected chi connectivity index (χ1v) is 8.24. The van der Waals surface area contributed by atoms with Crippen molar-refractivity contribution in [2.75, 3.05) is 17.7 Å². The zero-order chi connectivity index (χ0) is 17.6. The van der Waals surface area contributed by atoms with E-state index in [0.29, 0.717) is 23.1 Å². The number of methoxy groups -OCH3 is 1. The fourth-order valence-electron chi connectivity index (χ4n) is 2.34. The molecule has 5 nitrogen and oxygen atoms in total. The second-order valence-corrected chi connectivity index (χ2v) is 6.03. The van der Waals surface area contributed by atoms with Crippen LogP contribution in [0.25, 0.3) is 0 Å². The summed E-state index contributed by atoms with van der Waals surface area (Å²) >= 11 is 6.06. The zero-order valence-corrected chi connectivity index (χ0v) is 14.8. The van der Waals surface area contributed by atoms with Gasteiger partial charge in [-0.25, -0.2) is 9.97 Å². The fourth-order valence-corrected chi connectivity index (χ4v) is 2.51. The van der Waals surface area contributed by atoms with Crippen LogP contribution in [0.5, 0.6) is 5.75 Å². The molecule has 0 aliphatic heterocycles. The Morgan fingerprint density at radius 2 is 1.76 bits per heavy atom. The Kier molecular flexibility index (Phi) is 5.36. The lowest BCUT2D eigenvalue weighted by Gasteiger charge is -2.12. The number of anilines is 3. The third-order valence-corrected chi connectivity index (χ3v) is 3.92. The van der Waals surface area contributed by atoms with Crippen LogP contribution < -0.4 is 15.4 Å². The Morgan fingerprint density at radius 1 is 1.00 bits per heavy atom. The van der Waals surface area contributed by atoms with Gasteiger partial charge < -0.3 is 15.4 Å². The van der Waals surface area contributed by atoms with E-state index in [1.54, 1.807) is 19.2 Å². The number of benzene rings is 2. The number of ether oxygens (including phenoxy) is 1. The van der Waals surface area contributed by atoms with Gasteiger partial charge in [-0.3, -0.25) is 0 Å². The molecule has 0 spiro atoms. The Balaban J connectivity index is 1.71. The first-order chi connectivity index (χ1) is 12.1. The van der Waals surface area contributed by atoms with Crippen molar-refractivity contribution in [2.24, 2.45) is 0 Å². The van der Waals surface area contributed by atoms with Gasteiger partial charge in [0.05, 0.1) is 12.8 Å². The topological polar surface area (TPSA) is 59.1 Å². The van der Waals surface area contributed by atoms with E-state index in [0.717, 1.165) is 11.5 Å². The number of rotatable bonds is 6. The summed E-state index contributed by atoms with van der Waals surface area (Å²) in [5.74, 6) is 2.08. The third-order valence-electron chi connectivity index (χ3n) is 3.69. The molecular weight excluding hydrogens is 336 g/mol. The van der Waals surface area contributed by atoms with Crippen LogP contribution in [0, 0.1) is 6.92 Å². The van der Waals surface area contributed by atoms with E-state index < -0.39 is 0 Å². The van der Waals surface area contributed by atoms with Crippen LogP contribution in [0.2, 0.25) is 5.02 Å². The summed E-state index contributed by atoms with van der Waals surface area (Å²) in [5, 5.41) is 7.13. The van der Waals surface area contributed by atoms with E-state index in [1.165, 1.54) is 17.5 Å². The van der Waals surface area contributed by atoms with E-state index in [4.69, 9.17) is 16.3 Å². The SMILES string of the molecule is COc1ccc(Cl)cc1Nc1cc(NCc2ccc(C)cc2)ncn1. The van der Waals surface area contributed by atoms with E-state index in [9.17, 15) is 0 Å². The van der Waals surface area contributed by atoms with Gasteiger partial charge in [-0.1, -0.05) is 41.4 Å². The standard InChI is InChI=1S/C19H19ClN4O/c1-13-3-5-14(6-4-13)11-21-18-10-19(23-12-22-18)24-16-9-15(20)7-8-17(16)25-2/h3-10,12H,11H2,1-2H3,(H2,21,22,23,24). The molecule has 6 heteroatoms. The lowest BCUT2D eigenvalue weighted by molar-refractivity contribution is 0.417. The summed E-state index contributed by atoms with van der Waals surface area (Å²) < 4.78 is 5.34. The maximum Gasteiger partial charge on any atom is 0.142 e. The zero-order valence-electron chi connectivity index (χ0n) is 14.1. The summed E-state index contributed by atoms with van der Waals surface area (Å²) in [7, 11) is 1.61. The molecule has 0 atom stereocenters. The van der Waals surface area contributed by atoms with Crippen molar-refractivity contribution in [1.29, 1.82) is 0 Å². The maximum atomic E-state index is 6.06. The summed E-state index contributed by atoms with van der Waals surface area (Å²) in [5.41, 5.74) is 3.18. The predicted molar refractivity (Wildman–Crippen MR) is 102 cm³/mol.